The molecule has 3 saturated carbocycles. The predicted octanol–water partition coefficient (Wildman–Crippen LogP) is 10.7. The molecule has 0 aromatic carbocycles. The number of fused-ring (bicyclic) bond motifs is 5. The number of unbranched alkanes of at least 4 members (excludes halogenated alkanes) is 10. The quantitative estimate of drug-likeness (QED) is 0.142. The Morgan fingerprint density at radius 1 is 0.844 bits per heavy atom. The molecule has 9 atom stereocenters. The molecule has 2 amide bonds. The van der Waals surface area contributed by atoms with E-state index in [0.717, 1.165) is 62.4 Å². The third-order valence-corrected chi connectivity index (χ3v) is 14.4. The zero-order chi connectivity index (χ0) is 32.6. The van der Waals surface area contributed by atoms with Crippen molar-refractivity contribution in [3.8, 4) is 0 Å². The van der Waals surface area contributed by atoms with Gasteiger partial charge in [-0.2, -0.15) is 0 Å². The van der Waals surface area contributed by atoms with Gasteiger partial charge in [0.2, 0.25) is 11.8 Å². The van der Waals surface area contributed by atoms with Gasteiger partial charge in [0.05, 0.1) is 0 Å². The van der Waals surface area contributed by atoms with E-state index < -0.39 is 0 Å². The predicted molar refractivity (Wildman–Crippen MR) is 190 cm³/mol. The van der Waals surface area contributed by atoms with E-state index in [0.29, 0.717) is 35.1 Å². The zero-order valence-electron chi connectivity index (χ0n) is 31.0. The number of piperidine rings is 1. The summed E-state index contributed by atoms with van der Waals surface area (Å²) >= 11 is 0. The molecule has 0 N–H and O–H groups in total. The van der Waals surface area contributed by atoms with E-state index in [4.69, 9.17) is 0 Å². The Hall–Kier alpha value is -1.06. The van der Waals surface area contributed by atoms with Crippen molar-refractivity contribution in [3.05, 3.63) is 0 Å². The molecule has 1 heterocycles. The zero-order valence-corrected chi connectivity index (χ0v) is 31.0. The molecule has 4 fully saturated rings. The van der Waals surface area contributed by atoms with Crippen LogP contribution in [-0.2, 0) is 9.59 Å². The van der Waals surface area contributed by atoms with Gasteiger partial charge in [0.1, 0.15) is 0 Å². The van der Waals surface area contributed by atoms with Crippen LogP contribution < -0.4 is 0 Å². The fraction of sp³-hybridized carbons (Fsp3) is 0.951. The molecule has 4 nitrogen and oxygen atoms in total. The fourth-order valence-electron chi connectivity index (χ4n) is 11.7. The maximum Gasteiger partial charge on any atom is 0.222 e. The van der Waals surface area contributed by atoms with Crippen LogP contribution in [0.15, 0.2) is 0 Å². The maximum absolute atomic E-state index is 13.7. The third kappa shape index (κ3) is 8.33. The molecular formula is C41H74N2O2. The maximum atomic E-state index is 13.7. The lowest BCUT2D eigenvalue weighted by Crippen LogP contribution is -2.63. The van der Waals surface area contributed by atoms with Crippen molar-refractivity contribution in [2.24, 2.45) is 46.3 Å². The van der Waals surface area contributed by atoms with Crippen molar-refractivity contribution in [2.45, 2.75) is 182 Å². The van der Waals surface area contributed by atoms with Crippen LogP contribution in [-0.4, -0.2) is 47.8 Å². The van der Waals surface area contributed by atoms with E-state index in [1.807, 2.05) is 0 Å². The van der Waals surface area contributed by atoms with Crippen molar-refractivity contribution in [3.63, 3.8) is 0 Å². The Morgan fingerprint density at radius 3 is 2.04 bits per heavy atom. The van der Waals surface area contributed by atoms with Gasteiger partial charge >= 0.3 is 0 Å². The van der Waals surface area contributed by atoms with Gasteiger partial charge in [0.25, 0.3) is 0 Å². The van der Waals surface area contributed by atoms with Gasteiger partial charge in [-0.25, -0.2) is 0 Å². The summed E-state index contributed by atoms with van der Waals surface area (Å²) in [5.74, 6) is 5.23. The fourth-order valence-corrected chi connectivity index (χ4v) is 11.7. The summed E-state index contributed by atoms with van der Waals surface area (Å²) in [7, 11) is 2.08. The molecule has 1 unspecified atom stereocenters. The normalized spacial score (nSPS) is 35.1. The standard InChI is InChI=1S/C41H74N2O2/c1-8-10-12-14-16-18-28-43(29-19-17-15-13-11-9-2)38(45)23-20-31(3)33-21-22-34-39-32(4)30-36-41(6,27-25-37(44)42(36)7)35(39)24-26-40(33,34)5/h31-36,39H,8-30H2,1-7H3/t31-,32?,33-,34+,35+,36-,39+,40-,41-/m1/s1. The molecule has 1 saturated heterocycles. The van der Waals surface area contributed by atoms with Gasteiger partial charge in [0.15, 0.2) is 0 Å². The van der Waals surface area contributed by atoms with E-state index in [-0.39, 0.29) is 5.41 Å². The number of hydrogen-bond donors (Lipinski definition) is 0. The largest absolute Gasteiger partial charge is 0.343 e. The Balaban J connectivity index is 1.33. The number of likely N-dealkylation sites (tertiary alicyclic amines) is 1. The highest BCUT2D eigenvalue weighted by Crippen LogP contribution is 2.68. The van der Waals surface area contributed by atoms with E-state index in [2.05, 4.69) is 58.4 Å². The Kier molecular flexibility index (Phi) is 13.8. The summed E-state index contributed by atoms with van der Waals surface area (Å²) in [5.41, 5.74) is 0.695. The SMILES string of the molecule is CCCCCCCCN(CCCCCCCC)C(=O)CC[C@@H](C)[C@H]1CC[C@H]2[C@@H]3C(C)C[C@H]4N(C)C(=O)CC[C@]4(C)[C@H]3CC[C@]12C. The van der Waals surface area contributed by atoms with Crippen LogP contribution in [0.25, 0.3) is 0 Å². The molecule has 0 spiro atoms. The summed E-state index contributed by atoms with van der Waals surface area (Å²) in [5, 5.41) is 0. The molecule has 3 aliphatic carbocycles. The third-order valence-electron chi connectivity index (χ3n) is 14.4. The van der Waals surface area contributed by atoms with Crippen molar-refractivity contribution in [2.75, 3.05) is 20.1 Å². The lowest BCUT2D eigenvalue weighted by atomic mass is 9.44. The lowest BCUT2D eigenvalue weighted by Gasteiger charge is -2.64. The molecule has 0 radical (unpaired) electrons. The highest BCUT2D eigenvalue weighted by molar-refractivity contribution is 5.77. The van der Waals surface area contributed by atoms with Crippen molar-refractivity contribution in [1.29, 1.82) is 0 Å². The highest BCUT2D eigenvalue weighted by atomic mass is 16.2. The molecule has 4 rings (SSSR count). The van der Waals surface area contributed by atoms with Crippen molar-refractivity contribution >= 4 is 11.8 Å². The van der Waals surface area contributed by atoms with E-state index in [9.17, 15) is 9.59 Å². The number of carbonyl (C=O) groups excluding carboxylic acids is 2. The van der Waals surface area contributed by atoms with E-state index >= 15 is 0 Å². The number of rotatable bonds is 18. The molecular weight excluding hydrogens is 552 g/mol. The minimum absolute atomic E-state index is 0.284. The molecule has 1 aliphatic heterocycles. The molecule has 45 heavy (non-hydrogen) atoms. The Bertz CT molecular complexity index is 918. The van der Waals surface area contributed by atoms with Crippen molar-refractivity contribution < 1.29 is 9.59 Å². The smallest absolute Gasteiger partial charge is 0.222 e. The average molecular weight is 627 g/mol. The summed E-state index contributed by atoms with van der Waals surface area (Å²) in [4.78, 5) is 30.8. The van der Waals surface area contributed by atoms with Crippen LogP contribution in [0.3, 0.4) is 0 Å². The van der Waals surface area contributed by atoms with Gasteiger partial charge in [-0.05, 0) is 104 Å². The Labute approximate surface area is 279 Å². The first-order chi connectivity index (χ1) is 21.6. The minimum atomic E-state index is 0.284. The van der Waals surface area contributed by atoms with Crippen LogP contribution in [0.5, 0.6) is 0 Å². The molecule has 4 heteroatoms. The number of nitrogens with zero attached hydrogens (tertiary/aromatic N) is 2. The van der Waals surface area contributed by atoms with Crippen LogP contribution in [0, 0.1) is 46.3 Å². The number of carbonyl (C=O) groups is 2. The van der Waals surface area contributed by atoms with Gasteiger partial charge in [0, 0.05) is 39.0 Å². The van der Waals surface area contributed by atoms with Crippen LogP contribution in [0.4, 0.5) is 0 Å². The summed E-state index contributed by atoms with van der Waals surface area (Å²) < 4.78 is 0. The van der Waals surface area contributed by atoms with Gasteiger partial charge in [-0.15, -0.1) is 0 Å². The average Bonchev–Trinajstić information content (AvgIpc) is 3.38. The summed E-state index contributed by atoms with van der Waals surface area (Å²) in [6.07, 6.45) is 25.7. The molecule has 0 aromatic heterocycles. The number of hydrogen-bond acceptors (Lipinski definition) is 2. The second-order valence-corrected chi connectivity index (χ2v) is 17.2. The van der Waals surface area contributed by atoms with Crippen LogP contribution >= 0.6 is 0 Å². The van der Waals surface area contributed by atoms with E-state index in [1.165, 1.54) is 109 Å². The topological polar surface area (TPSA) is 40.6 Å². The Morgan fingerprint density at radius 2 is 1.42 bits per heavy atom. The monoisotopic (exact) mass is 627 g/mol. The van der Waals surface area contributed by atoms with Crippen molar-refractivity contribution in [1.82, 2.24) is 9.80 Å². The second kappa shape index (κ2) is 16.9. The molecule has 0 aromatic rings. The first-order valence-electron chi connectivity index (χ1n) is 20.1. The first-order valence-corrected chi connectivity index (χ1v) is 20.1. The van der Waals surface area contributed by atoms with Gasteiger partial charge in [-0.3, -0.25) is 9.59 Å². The molecule has 4 aliphatic rings. The van der Waals surface area contributed by atoms with Crippen LogP contribution in [0.2, 0.25) is 0 Å². The first kappa shape index (κ1) is 36.8. The summed E-state index contributed by atoms with van der Waals surface area (Å²) in [6, 6.07) is 0.428. The lowest BCUT2D eigenvalue weighted by molar-refractivity contribution is -0.167. The molecule has 0 bridgehead atoms. The van der Waals surface area contributed by atoms with E-state index in [1.54, 1.807) is 0 Å². The van der Waals surface area contributed by atoms with Gasteiger partial charge < -0.3 is 9.80 Å². The number of amides is 2. The second-order valence-electron chi connectivity index (χ2n) is 17.2. The van der Waals surface area contributed by atoms with Gasteiger partial charge in [-0.1, -0.05) is 106 Å². The minimum Gasteiger partial charge on any atom is -0.343 e. The van der Waals surface area contributed by atoms with Crippen LogP contribution in [0.1, 0.15) is 176 Å². The highest BCUT2D eigenvalue weighted by Gasteiger charge is 2.63. The molecule has 260 valence electrons. The summed E-state index contributed by atoms with van der Waals surface area (Å²) in [6.45, 7) is 16.7.